The zero-order valence-corrected chi connectivity index (χ0v) is 15.2. The number of likely N-dealkylation sites (N-methyl/N-ethyl adjacent to an activating group) is 4. The predicted octanol–water partition coefficient (Wildman–Crippen LogP) is -1.89. The van der Waals surface area contributed by atoms with Gasteiger partial charge in [-0.05, 0) is 13.5 Å². The molecule has 0 atom stereocenters. The maximum absolute atomic E-state index is 12.0. The van der Waals surface area contributed by atoms with E-state index in [4.69, 9.17) is 0 Å². The Morgan fingerprint density at radius 3 is 1.83 bits per heavy atom. The Labute approximate surface area is 143 Å². The first kappa shape index (κ1) is 21.8. The number of rotatable bonds is 10. The summed E-state index contributed by atoms with van der Waals surface area (Å²) in [7, 11) is 4.65. The summed E-state index contributed by atoms with van der Waals surface area (Å²) in [6, 6.07) is 0. The van der Waals surface area contributed by atoms with Crippen molar-refractivity contribution in [2.75, 3.05) is 60.4 Å². The van der Waals surface area contributed by atoms with Crippen LogP contribution in [0.3, 0.4) is 0 Å². The van der Waals surface area contributed by atoms with Crippen molar-refractivity contribution < 1.29 is 19.2 Å². The molecular formula is C15H29N5O4. The van der Waals surface area contributed by atoms with Crippen molar-refractivity contribution in [2.45, 2.75) is 13.8 Å². The topological polar surface area (TPSA) is 102 Å². The highest BCUT2D eigenvalue weighted by Crippen LogP contribution is 1.91. The third kappa shape index (κ3) is 8.47. The largest absolute Gasteiger partial charge is 0.345 e. The van der Waals surface area contributed by atoms with Crippen molar-refractivity contribution in [3.8, 4) is 0 Å². The third-order valence-corrected chi connectivity index (χ3v) is 3.47. The summed E-state index contributed by atoms with van der Waals surface area (Å²) in [5, 5.41) is 5.36. The second kappa shape index (κ2) is 11.4. The summed E-state index contributed by atoms with van der Waals surface area (Å²) in [6.45, 7) is 4.72. The number of hydrogen-bond acceptors (Lipinski definition) is 5. The van der Waals surface area contributed by atoms with Crippen molar-refractivity contribution in [2.24, 2.45) is 0 Å². The molecule has 0 heterocycles. The van der Waals surface area contributed by atoms with Crippen LogP contribution in [0.1, 0.15) is 13.8 Å². The highest BCUT2D eigenvalue weighted by atomic mass is 16.2. The average Bonchev–Trinajstić information content (AvgIpc) is 2.56. The first-order valence-electron chi connectivity index (χ1n) is 7.92. The first-order chi connectivity index (χ1) is 11.2. The summed E-state index contributed by atoms with van der Waals surface area (Å²) >= 11 is 0. The van der Waals surface area contributed by atoms with E-state index in [1.54, 1.807) is 7.05 Å². The van der Waals surface area contributed by atoms with Crippen LogP contribution in [0.25, 0.3) is 0 Å². The summed E-state index contributed by atoms with van der Waals surface area (Å²) in [5.74, 6) is -1.18. The van der Waals surface area contributed by atoms with Gasteiger partial charge in [0, 0.05) is 27.7 Å². The van der Waals surface area contributed by atoms with Crippen LogP contribution in [0.15, 0.2) is 0 Å². The zero-order valence-electron chi connectivity index (χ0n) is 15.2. The van der Waals surface area contributed by atoms with Crippen LogP contribution in [0, 0.1) is 0 Å². The smallest absolute Gasteiger partial charge is 0.242 e. The van der Waals surface area contributed by atoms with E-state index in [1.165, 1.54) is 28.8 Å². The highest BCUT2D eigenvalue weighted by Gasteiger charge is 2.18. The fourth-order valence-electron chi connectivity index (χ4n) is 1.62. The van der Waals surface area contributed by atoms with E-state index in [2.05, 4.69) is 10.6 Å². The molecule has 0 aliphatic rings. The fourth-order valence-corrected chi connectivity index (χ4v) is 1.62. The van der Waals surface area contributed by atoms with Gasteiger partial charge in [0.15, 0.2) is 0 Å². The highest BCUT2D eigenvalue weighted by molar-refractivity contribution is 5.90. The monoisotopic (exact) mass is 343 g/mol. The van der Waals surface area contributed by atoms with Crippen molar-refractivity contribution in [3.05, 3.63) is 0 Å². The van der Waals surface area contributed by atoms with Gasteiger partial charge in [0.25, 0.3) is 0 Å². The molecule has 0 aromatic rings. The van der Waals surface area contributed by atoms with E-state index >= 15 is 0 Å². The molecule has 0 aliphatic carbocycles. The summed E-state index contributed by atoms with van der Waals surface area (Å²) in [5.41, 5.74) is 0. The zero-order chi connectivity index (χ0) is 18.7. The van der Waals surface area contributed by atoms with Gasteiger partial charge in [-0.25, -0.2) is 0 Å². The molecule has 4 amide bonds. The number of carbonyl (C=O) groups is 4. The lowest BCUT2D eigenvalue weighted by atomic mass is 10.4. The molecule has 0 aromatic carbocycles. The first-order valence-corrected chi connectivity index (χ1v) is 7.92. The van der Waals surface area contributed by atoms with Gasteiger partial charge in [-0.2, -0.15) is 0 Å². The molecule has 0 rings (SSSR count). The molecular weight excluding hydrogens is 314 g/mol. The normalized spacial score (nSPS) is 10.0. The van der Waals surface area contributed by atoms with Crippen LogP contribution in [0.5, 0.6) is 0 Å². The Balaban J connectivity index is 4.23. The van der Waals surface area contributed by atoms with E-state index in [9.17, 15) is 19.2 Å². The standard InChI is InChI=1S/C15H29N5O4/c1-6-16-8-13(22)20(5)11-15(24)19(4)10-12(21)17-9-14(23)18(3)7-2/h16H,6-11H2,1-5H3,(H,17,21). The Hall–Kier alpha value is -2.16. The SMILES string of the molecule is CCNCC(=O)N(C)CC(=O)N(C)CC(=O)NCC(=O)N(C)CC. The van der Waals surface area contributed by atoms with E-state index in [0.29, 0.717) is 13.1 Å². The molecule has 0 aromatic heterocycles. The van der Waals surface area contributed by atoms with Gasteiger partial charge in [0.2, 0.25) is 23.6 Å². The van der Waals surface area contributed by atoms with Gasteiger partial charge in [-0.15, -0.1) is 0 Å². The van der Waals surface area contributed by atoms with Gasteiger partial charge in [-0.3, -0.25) is 19.2 Å². The minimum absolute atomic E-state index is 0.105. The summed E-state index contributed by atoms with van der Waals surface area (Å²) in [4.78, 5) is 51.1. The van der Waals surface area contributed by atoms with Crippen molar-refractivity contribution in [1.29, 1.82) is 0 Å². The Morgan fingerprint density at radius 2 is 1.29 bits per heavy atom. The molecule has 0 spiro atoms. The lowest BCUT2D eigenvalue weighted by Crippen LogP contribution is -2.46. The summed E-state index contributed by atoms with van der Waals surface area (Å²) in [6.07, 6.45) is 0. The molecule has 9 heteroatoms. The lowest BCUT2D eigenvalue weighted by Gasteiger charge is -2.22. The molecule has 9 nitrogen and oxygen atoms in total. The minimum Gasteiger partial charge on any atom is -0.345 e. The number of carbonyl (C=O) groups excluding carboxylic acids is 4. The van der Waals surface area contributed by atoms with Gasteiger partial charge < -0.3 is 25.3 Å². The van der Waals surface area contributed by atoms with Crippen molar-refractivity contribution >= 4 is 23.6 Å². The lowest BCUT2D eigenvalue weighted by molar-refractivity contribution is -0.140. The van der Waals surface area contributed by atoms with E-state index in [-0.39, 0.29) is 43.9 Å². The van der Waals surface area contributed by atoms with E-state index < -0.39 is 5.91 Å². The average molecular weight is 343 g/mol. The van der Waals surface area contributed by atoms with Gasteiger partial charge in [0.1, 0.15) is 0 Å². The molecule has 0 unspecified atom stereocenters. The van der Waals surface area contributed by atoms with Crippen LogP contribution < -0.4 is 10.6 Å². The number of amides is 4. The summed E-state index contributed by atoms with van der Waals surface area (Å²) < 4.78 is 0. The van der Waals surface area contributed by atoms with Crippen LogP contribution in [-0.4, -0.2) is 98.7 Å². The molecule has 0 saturated heterocycles. The number of nitrogens with zero attached hydrogens (tertiary/aromatic N) is 3. The van der Waals surface area contributed by atoms with Gasteiger partial charge in [-0.1, -0.05) is 6.92 Å². The molecule has 138 valence electrons. The minimum atomic E-state index is -0.426. The van der Waals surface area contributed by atoms with Crippen molar-refractivity contribution in [1.82, 2.24) is 25.3 Å². The van der Waals surface area contributed by atoms with Crippen molar-refractivity contribution in [3.63, 3.8) is 0 Å². The maximum Gasteiger partial charge on any atom is 0.242 e. The fraction of sp³-hybridized carbons (Fsp3) is 0.733. The molecule has 2 N–H and O–H groups in total. The van der Waals surface area contributed by atoms with Crippen LogP contribution in [0.4, 0.5) is 0 Å². The van der Waals surface area contributed by atoms with Crippen LogP contribution in [-0.2, 0) is 19.2 Å². The van der Waals surface area contributed by atoms with Gasteiger partial charge in [0.05, 0.1) is 26.2 Å². The van der Waals surface area contributed by atoms with E-state index in [1.807, 2.05) is 13.8 Å². The predicted molar refractivity (Wildman–Crippen MR) is 90.1 cm³/mol. The molecule has 0 fully saturated rings. The van der Waals surface area contributed by atoms with E-state index in [0.717, 1.165) is 0 Å². The quantitative estimate of drug-likeness (QED) is 0.483. The van der Waals surface area contributed by atoms with Crippen LogP contribution >= 0.6 is 0 Å². The van der Waals surface area contributed by atoms with Crippen LogP contribution in [0.2, 0.25) is 0 Å². The molecule has 0 aliphatic heterocycles. The maximum atomic E-state index is 12.0. The number of nitrogens with one attached hydrogen (secondary N) is 2. The Morgan fingerprint density at radius 1 is 0.750 bits per heavy atom. The second-order valence-electron chi connectivity index (χ2n) is 5.46. The molecule has 0 radical (unpaired) electrons. The number of hydrogen-bond donors (Lipinski definition) is 2. The Kier molecular flexibility index (Phi) is 10.4. The second-order valence-corrected chi connectivity index (χ2v) is 5.46. The molecule has 24 heavy (non-hydrogen) atoms. The third-order valence-electron chi connectivity index (χ3n) is 3.47. The van der Waals surface area contributed by atoms with Gasteiger partial charge >= 0.3 is 0 Å². The molecule has 0 saturated carbocycles. The Bertz CT molecular complexity index is 455. The molecule has 0 bridgehead atoms.